The van der Waals surface area contributed by atoms with Gasteiger partial charge in [0, 0.05) is 114 Å². The number of aromatic nitrogens is 8. The molecule has 2 amide bonds. The third-order valence-corrected chi connectivity index (χ3v) is 13.6. The lowest BCUT2D eigenvalue weighted by Gasteiger charge is -2.36. The third kappa shape index (κ3) is 13.1. The lowest BCUT2D eigenvalue weighted by Crippen LogP contribution is -2.48. The van der Waals surface area contributed by atoms with Crippen LogP contribution in [0.25, 0.3) is 11.4 Å². The van der Waals surface area contributed by atoms with Gasteiger partial charge in [-0.2, -0.15) is 5.10 Å². The predicted molar refractivity (Wildman–Crippen MR) is 282 cm³/mol. The number of para-hydroxylation sites is 1. The molecule has 2 aromatic carbocycles. The number of carbonyl (C=O) groups is 2. The van der Waals surface area contributed by atoms with Crippen molar-refractivity contribution >= 4 is 57.8 Å². The van der Waals surface area contributed by atoms with Crippen LogP contribution in [0.3, 0.4) is 0 Å². The van der Waals surface area contributed by atoms with Crippen molar-refractivity contribution in [2.45, 2.75) is 57.4 Å². The van der Waals surface area contributed by atoms with E-state index in [2.05, 4.69) is 76.8 Å². The molecule has 0 unspecified atom stereocenters. The number of methoxy groups -OCH3 is 1. The second-order valence-corrected chi connectivity index (χ2v) is 18.6. The van der Waals surface area contributed by atoms with Crippen LogP contribution >= 0.6 is 0 Å². The molecule has 3 aliphatic rings. The standard InChI is InChI=1S/C52H66FN17O3/c1-54-52(72)49-43(60-42-16-10-15-41(50(42)73-3)51-58-36-65(2)64-51)31-46(62-63-49)61-44-19-18-40(33-55-44)67-26-28-69(29-27-67)48(71)17-7-5-4-6-8-20-66-22-24-68(25-23-66)47-32-45(56-35-57-47)59-38-13-11-21-70(34-38)39-14-9-12-37(53)30-39/h9-10,12,14-16,18-19,30-33,35-36,38H,4-8,11,13,17,20-29,34H2,1-3H3,(H,54,72)(H,56,57,59)(H2,55,60,61,62)/t38-/m1/s1/i1D3. The molecule has 73 heavy (non-hydrogen) atoms. The number of amides is 2. The average Bonchev–Trinajstić information content (AvgIpc) is 3.86. The first-order valence-corrected chi connectivity index (χ1v) is 25.2. The van der Waals surface area contributed by atoms with Crippen molar-refractivity contribution < 1.29 is 22.8 Å². The molecule has 0 spiro atoms. The number of halogens is 1. The van der Waals surface area contributed by atoms with Crippen LogP contribution in [-0.2, 0) is 11.8 Å². The van der Waals surface area contributed by atoms with Gasteiger partial charge in [0.2, 0.25) is 5.91 Å². The number of unbranched alkanes of at least 4 members (excludes halogenated alkanes) is 4. The van der Waals surface area contributed by atoms with E-state index in [9.17, 15) is 14.0 Å². The summed E-state index contributed by atoms with van der Waals surface area (Å²) in [5.74, 6) is 2.33. The van der Waals surface area contributed by atoms with Crippen molar-refractivity contribution in [3.05, 3.63) is 97.1 Å². The van der Waals surface area contributed by atoms with E-state index >= 15 is 0 Å². The maximum Gasteiger partial charge on any atom is 0.273 e. The van der Waals surface area contributed by atoms with E-state index in [1.54, 1.807) is 60.9 Å². The highest BCUT2D eigenvalue weighted by Gasteiger charge is 2.25. The van der Waals surface area contributed by atoms with Crippen LogP contribution in [0.2, 0.25) is 0 Å². The summed E-state index contributed by atoms with van der Waals surface area (Å²) < 4.78 is 43.9. The fourth-order valence-corrected chi connectivity index (χ4v) is 9.72. The first-order valence-electron chi connectivity index (χ1n) is 26.7. The van der Waals surface area contributed by atoms with E-state index in [4.69, 9.17) is 8.85 Å². The highest BCUT2D eigenvalue weighted by Crippen LogP contribution is 2.37. The molecular formula is C52H66FN17O3. The number of hydrogen-bond acceptors (Lipinski definition) is 17. The molecule has 3 saturated heterocycles. The summed E-state index contributed by atoms with van der Waals surface area (Å²) in [6.07, 6.45) is 12.9. The van der Waals surface area contributed by atoms with E-state index in [0.717, 1.165) is 114 Å². The maximum absolute atomic E-state index is 13.9. The normalized spacial score (nSPS) is 17.1. The highest BCUT2D eigenvalue weighted by molar-refractivity contribution is 5.99. The highest BCUT2D eigenvalue weighted by atomic mass is 19.1. The van der Waals surface area contributed by atoms with Crippen molar-refractivity contribution in [2.75, 3.05) is 117 Å². The molecule has 21 heteroatoms. The van der Waals surface area contributed by atoms with Gasteiger partial charge in [-0.15, -0.1) is 10.2 Å². The zero-order chi connectivity index (χ0) is 53.0. The van der Waals surface area contributed by atoms with Gasteiger partial charge in [-0.25, -0.2) is 24.3 Å². The number of carbonyl (C=O) groups excluding carboxylic acids is 2. The van der Waals surface area contributed by atoms with E-state index in [0.29, 0.717) is 61.2 Å². The van der Waals surface area contributed by atoms with Gasteiger partial charge in [-0.05, 0) is 74.7 Å². The Labute approximate surface area is 430 Å². The number of pyridine rings is 1. The largest absolute Gasteiger partial charge is 0.494 e. The molecule has 20 nitrogen and oxygen atoms in total. The summed E-state index contributed by atoms with van der Waals surface area (Å²) >= 11 is 0. The van der Waals surface area contributed by atoms with E-state index < -0.39 is 12.9 Å². The third-order valence-electron chi connectivity index (χ3n) is 13.6. The quantitative estimate of drug-likeness (QED) is 0.0616. The van der Waals surface area contributed by atoms with Crippen molar-refractivity contribution in [1.82, 2.24) is 55.0 Å². The van der Waals surface area contributed by atoms with Gasteiger partial charge < -0.3 is 45.6 Å². The summed E-state index contributed by atoms with van der Waals surface area (Å²) in [5, 5.41) is 24.5. The number of rotatable bonds is 20. The lowest BCUT2D eigenvalue weighted by atomic mass is 10.0. The van der Waals surface area contributed by atoms with Crippen LogP contribution in [0.5, 0.6) is 5.75 Å². The van der Waals surface area contributed by atoms with Crippen molar-refractivity contribution in [1.29, 1.82) is 0 Å². The van der Waals surface area contributed by atoms with E-state index in [1.165, 1.54) is 19.2 Å². The maximum atomic E-state index is 13.9. The minimum Gasteiger partial charge on any atom is -0.494 e. The predicted octanol–water partition coefficient (Wildman–Crippen LogP) is 6.34. The van der Waals surface area contributed by atoms with Crippen LogP contribution in [0, 0.1) is 5.82 Å². The fraction of sp³-hybridized carbons (Fsp3) is 0.442. The molecule has 3 fully saturated rings. The molecule has 0 radical (unpaired) electrons. The zero-order valence-electron chi connectivity index (χ0n) is 44.5. The lowest BCUT2D eigenvalue weighted by molar-refractivity contribution is -0.131. The summed E-state index contributed by atoms with van der Waals surface area (Å²) in [7, 11) is 3.25. The fourth-order valence-electron chi connectivity index (χ4n) is 9.72. The molecule has 4 aromatic heterocycles. The monoisotopic (exact) mass is 999 g/mol. The number of anilines is 8. The van der Waals surface area contributed by atoms with Crippen molar-refractivity contribution in [3.8, 4) is 17.1 Å². The Bertz CT molecular complexity index is 2900. The molecule has 6 aromatic rings. The van der Waals surface area contributed by atoms with E-state index in [-0.39, 0.29) is 35.0 Å². The number of aryl methyl sites for hydroxylation is 1. The Balaban J connectivity index is 0.670. The van der Waals surface area contributed by atoms with Gasteiger partial charge in [-0.1, -0.05) is 31.4 Å². The second kappa shape index (κ2) is 24.2. The Morgan fingerprint density at radius 1 is 0.767 bits per heavy atom. The first kappa shape index (κ1) is 46.4. The average molecular weight is 999 g/mol. The SMILES string of the molecule is [2H]C([2H])([2H])NC(=O)c1nnc(Nc2ccc(N3CCN(C(=O)CCCCCCCN4CCN(c5cc(N[C@@H]6CCCN(c7cccc(F)c7)C6)ncn5)CC4)CC3)cn2)cc1Nc1cccc(-c2ncn(C)n2)c1OC. The minimum atomic E-state index is -2.76. The summed E-state index contributed by atoms with van der Waals surface area (Å²) in [6, 6.07) is 19.7. The smallest absolute Gasteiger partial charge is 0.273 e. The Kier molecular flexibility index (Phi) is 15.4. The van der Waals surface area contributed by atoms with E-state index in [1.807, 2.05) is 28.4 Å². The van der Waals surface area contributed by atoms with Crippen molar-refractivity contribution in [3.63, 3.8) is 0 Å². The van der Waals surface area contributed by atoms with Crippen LogP contribution in [-0.4, -0.2) is 154 Å². The Hall–Kier alpha value is -7.68. The molecule has 1 atom stereocenters. The molecule has 3 aliphatic heterocycles. The number of hydrogen-bond donors (Lipinski definition) is 4. The number of ether oxygens (including phenoxy) is 1. The van der Waals surface area contributed by atoms with Crippen LogP contribution in [0.1, 0.15) is 66.0 Å². The summed E-state index contributed by atoms with van der Waals surface area (Å²) in [5.41, 5.74) is 2.77. The van der Waals surface area contributed by atoms with Crippen LogP contribution in [0.4, 0.5) is 50.4 Å². The molecule has 4 N–H and O–H groups in total. The van der Waals surface area contributed by atoms with Gasteiger partial charge >= 0.3 is 0 Å². The number of piperazine rings is 2. The van der Waals surface area contributed by atoms with Crippen molar-refractivity contribution in [2.24, 2.45) is 7.05 Å². The summed E-state index contributed by atoms with van der Waals surface area (Å²) in [4.78, 5) is 55.7. The van der Waals surface area contributed by atoms with Gasteiger partial charge in [0.25, 0.3) is 5.91 Å². The summed E-state index contributed by atoms with van der Waals surface area (Å²) in [6.45, 7) is 6.50. The van der Waals surface area contributed by atoms with Gasteiger partial charge in [0.1, 0.15) is 35.9 Å². The second-order valence-electron chi connectivity index (χ2n) is 18.6. The number of piperidine rings is 1. The number of nitrogens with zero attached hydrogens (tertiary/aromatic N) is 13. The van der Waals surface area contributed by atoms with Crippen LogP contribution < -0.4 is 40.7 Å². The first-order chi connectivity index (χ1) is 36.8. The molecule has 384 valence electrons. The number of nitrogens with one attached hydrogen (secondary N) is 4. The minimum absolute atomic E-state index is 0.155. The number of benzene rings is 2. The Morgan fingerprint density at radius 2 is 1.59 bits per heavy atom. The zero-order valence-corrected chi connectivity index (χ0v) is 41.5. The molecule has 0 saturated carbocycles. The van der Waals surface area contributed by atoms with Crippen LogP contribution in [0.15, 0.2) is 85.6 Å². The molecule has 9 rings (SSSR count). The molecule has 7 heterocycles. The van der Waals surface area contributed by atoms with Gasteiger partial charge in [-0.3, -0.25) is 19.2 Å². The molecule has 0 aliphatic carbocycles. The Morgan fingerprint density at radius 3 is 2.37 bits per heavy atom. The van der Waals surface area contributed by atoms with Gasteiger partial charge in [0.05, 0.1) is 35.9 Å². The van der Waals surface area contributed by atoms with Gasteiger partial charge in [0.15, 0.2) is 23.1 Å². The molecular weight excluding hydrogens is 930 g/mol. The molecule has 0 bridgehead atoms. The topological polar surface area (TPSA) is 203 Å².